The SMILES string of the molecule is Cc1noc(-c2cnc(Nc3ccc4c(c3)C(C)(C)OB4O)nc2N[C@H](CO)c2ccccc2)n1. The van der Waals surface area contributed by atoms with Crippen molar-refractivity contribution in [2.75, 3.05) is 17.2 Å². The smallest absolute Gasteiger partial charge is 0.423 e. The average Bonchev–Trinajstić information content (AvgIpc) is 3.37. The zero-order valence-electron chi connectivity index (χ0n) is 19.6. The van der Waals surface area contributed by atoms with E-state index in [-0.39, 0.29) is 12.5 Å². The maximum Gasteiger partial charge on any atom is 0.492 e. The summed E-state index contributed by atoms with van der Waals surface area (Å²) in [5.41, 5.74) is 3.15. The topological polar surface area (TPSA) is 138 Å². The third kappa shape index (κ3) is 4.61. The fraction of sp³-hybridized carbons (Fsp3) is 0.250. The minimum atomic E-state index is -0.952. The molecule has 0 fully saturated rings. The highest BCUT2D eigenvalue weighted by molar-refractivity contribution is 6.62. The van der Waals surface area contributed by atoms with Crippen LogP contribution in [0.2, 0.25) is 0 Å². The fourth-order valence-corrected chi connectivity index (χ4v) is 4.11. The monoisotopic (exact) mass is 472 g/mol. The van der Waals surface area contributed by atoms with Crippen LogP contribution in [0.25, 0.3) is 11.5 Å². The van der Waals surface area contributed by atoms with Gasteiger partial charge in [-0.25, -0.2) is 4.98 Å². The number of benzene rings is 2. The molecule has 2 aromatic carbocycles. The Morgan fingerprint density at radius 1 is 1.11 bits per heavy atom. The molecule has 1 aliphatic heterocycles. The fourth-order valence-electron chi connectivity index (χ4n) is 4.11. The van der Waals surface area contributed by atoms with Gasteiger partial charge in [0.05, 0.1) is 18.2 Å². The van der Waals surface area contributed by atoms with E-state index >= 15 is 0 Å². The molecule has 0 saturated heterocycles. The molecule has 0 aliphatic carbocycles. The lowest BCUT2D eigenvalue weighted by Crippen LogP contribution is -2.28. The van der Waals surface area contributed by atoms with Crippen molar-refractivity contribution in [2.45, 2.75) is 32.4 Å². The summed E-state index contributed by atoms with van der Waals surface area (Å²) in [6.45, 7) is 5.39. The van der Waals surface area contributed by atoms with Gasteiger partial charge >= 0.3 is 7.12 Å². The predicted octanol–water partition coefficient (Wildman–Crippen LogP) is 2.68. The Balaban J connectivity index is 1.49. The molecular weight excluding hydrogens is 447 g/mol. The van der Waals surface area contributed by atoms with E-state index in [1.54, 1.807) is 13.1 Å². The molecule has 1 atom stereocenters. The number of aromatic nitrogens is 4. The Morgan fingerprint density at radius 2 is 1.91 bits per heavy atom. The van der Waals surface area contributed by atoms with E-state index in [4.69, 9.17) is 9.18 Å². The first kappa shape index (κ1) is 23.0. The quantitative estimate of drug-likeness (QED) is 0.297. The van der Waals surface area contributed by atoms with Crippen LogP contribution in [0.3, 0.4) is 0 Å². The Kier molecular flexibility index (Phi) is 5.97. The summed E-state index contributed by atoms with van der Waals surface area (Å²) in [5.74, 6) is 1.51. The van der Waals surface area contributed by atoms with Gasteiger partial charge < -0.3 is 29.9 Å². The van der Waals surface area contributed by atoms with Crippen LogP contribution in [0.15, 0.2) is 59.3 Å². The molecule has 178 valence electrons. The van der Waals surface area contributed by atoms with E-state index in [1.807, 2.05) is 62.4 Å². The number of nitrogens with one attached hydrogen (secondary N) is 2. The van der Waals surface area contributed by atoms with E-state index in [1.165, 1.54) is 0 Å². The van der Waals surface area contributed by atoms with E-state index < -0.39 is 18.8 Å². The standard InChI is InChI=1S/C24H25BN6O4/c1-14-27-22(34-31-14)17-12-26-23(30-21(17)29-20(13-32)15-7-5-4-6-8-15)28-16-9-10-19-18(11-16)24(2,3)35-25(19)33/h4-12,20,32-33H,13H2,1-3H3,(H2,26,28,29,30)/t20-/m1/s1. The molecule has 2 aromatic heterocycles. The van der Waals surface area contributed by atoms with Crippen LogP contribution >= 0.6 is 0 Å². The van der Waals surface area contributed by atoms with E-state index in [9.17, 15) is 10.1 Å². The second-order valence-corrected chi connectivity index (χ2v) is 8.80. The van der Waals surface area contributed by atoms with Crippen molar-refractivity contribution >= 4 is 30.0 Å². The van der Waals surface area contributed by atoms with Crippen LogP contribution in [0, 0.1) is 6.92 Å². The van der Waals surface area contributed by atoms with Gasteiger partial charge in [-0.15, -0.1) is 0 Å². The number of fused-ring (bicyclic) bond motifs is 1. The highest BCUT2D eigenvalue weighted by Crippen LogP contribution is 2.33. The molecule has 4 N–H and O–H groups in total. The summed E-state index contributed by atoms with van der Waals surface area (Å²) < 4.78 is 11.0. The molecule has 35 heavy (non-hydrogen) atoms. The second kappa shape index (κ2) is 9.10. The Morgan fingerprint density at radius 3 is 2.63 bits per heavy atom. The normalized spacial score (nSPS) is 15.1. The summed E-state index contributed by atoms with van der Waals surface area (Å²) in [4.78, 5) is 13.4. The first-order valence-electron chi connectivity index (χ1n) is 11.2. The number of nitrogens with zero attached hydrogens (tertiary/aromatic N) is 4. The van der Waals surface area contributed by atoms with Crippen molar-refractivity contribution in [1.82, 2.24) is 20.1 Å². The van der Waals surface area contributed by atoms with Gasteiger partial charge in [-0.2, -0.15) is 9.97 Å². The van der Waals surface area contributed by atoms with Gasteiger partial charge in [0.25, 0.3) is 5.89 Å². The maximum atomic E-state index is 10.2. The zero-order valence-corrected chi connectivity index (χ0v) is 19.6. The van der Waals surface area contributed by atoms with Gasteiger partial charge in [0.15, 0.2) is 5.82 Å². The van der Waals surface area contributed by atoms with Crippen LogP contribution in [-0.4, -0.2) is 44.0 Å². The van der Waals surface area contributed by atoms with Crippen molar-refractivity contribution in [3.05, 3.63) is 71.7 Å². The van der Waals surface area contributed by atoms with E-state index in [2.05, 4.69) is 30.7 Å². The molecule has 0 spiro atoms. The van der Waals surface area contributed by atoms with Gasteiger partial charge in [0, 0.05) is 11.9 Å². The third-order valence-corrected chi connectivity index (χ3v) is 5.87. The Labute approximate surface area is 202 Å². The number of hydrogen-bond donors (Lipinski definition) is 4. The van der Waals surface area contributed by atoms with Gasteiger partial charge in [-0.05, 0) is 49.5 Å². The van der Waals surface area contributed by atoms with Crippen molar-refractivity contribution in [3.63, 3.8) is 0 Å². The maximum absolute atomic E-state index is 10.2. The molecule has 11 heteroatoms. The predicted molar refractivity (Wildman–Crippen MR) is 131 cm³/mol. The molecule has 4 aromatic rings. The van der Waals surface area contributed by atoms with Gasteiger partial charge in [0.2, 0.25) is 5.95 Å². The van der Waals surface area contributed by atoms with Crippen molar-refractivity contribution in [2.24, 2.45) is 0 Å². The summed E-state index contributed by atoms with van der Waals surface area (Å²) in [5, 5.41) is 30.6. The highest BCUT2D eigenvalue weighted by Gasteiger charge is 2.40. The van der Waals surface area contributed by atoms with Gasteiger partial charge in [-0.1, -0.05) is 41.6 Å². The lowest BCUT2D eigenvalue weighted by Gasteiger charge is -2.21. The number of hydrogen-bond acceptors (Lipinski definition) is 10. The zero-order chi connectivity index (χ0) is 24.6. The Bertz CT molecular complexity index is 1350. The molecule has 0 saturated carbocycles. The molecule has 10 nitrogen and oxygen atoms in total. The molecule has 0 amide bonds. The third-order valence-electron chi connectivity index (χ3n) is 5.87. The number of rotatable bonds is 7. The van der Waals surface area contributed by atoms with Crippen LogP contribution in [0.4, 0.5) is 17.5 Å². The van der Waals surface area contributed by atoms with Crippen LogP contribution in [0.5, 0.6) is 0 Å². The average molecular weight is 472 g/mol. The summed E-state index contributed by atoms with van der Waals surface area (Å²) in [6.07, 6.45) is 1.59. The van der Waals surface area contributed by atoms with E-state index in [0.29, 0.717) is 23.2 Å². The van der Waals surface area contributed by atoms with Crippen molar-refractivity contribution in [3.8, 4) is 11.5 Å². The number of aryl methyl sites for hydroxylation is 1. The van der Waals surface area contributed by atoms with Crippen molar-refractivity contribution < 1.29 is 19.3 Å². The first-order chi connectivity index (χ1) is 16.8. The molecule has 0 unspecified atom stereocenters. The lowest BCUT2D eigenvalue weighted by atomic mass is 9.78. The lowest BCUT2D eigenvalue weighted by molar-refractivity contribution is 0.101. The largest absolute Gasteiger partial charge is 0.492 e. The summed E-state index contributed by atoms with van der Waals surface area (Å²) >= 11 is 0. The molecule has 3 heterocycles. The molecule has 1 aliphatic rings. The minimum Gasteiger partial charge on any atom is -0.423 e. The number of aliphatic hydroxyl groups is 1. The summed E-state index contributed by atoms with van der Waals surface area (Å²) in [6, 6.07) is 14.7. The number of anilines is 3. The minimum absolute atomic E-state index is 0.151. The number of aliphatic hydroxyl groups excluding tert-OH is 1. The van der Waals surface area contributed by atoms with E-state index in [0.717, 1.165) is 22.3 Å². The summed E-state index contributed by atoms with van der Waals surface area (Å²) in [7, 11) is -0.952. The highest BCUT2D eigenvalue weighted by atomic mass is 16.5. The van der Waals surface area contributed by atoms with Gasteiger partial charge in [-0.3, -0.25) is 0 Å². The van der Waals surface area contributed by atoms with Gasteiger partial charge in [0.1, 0.15) is 11.4 Å². The molecule has 0 bridgehead atoms. The molecule has 5 rings (SSSR count). The molecular formula is C24H25BN6O4. The Hall–Kier alpha value is -3.80. The van der Waals surface area contributed by atoms with Crippen LogP contribution in [0.1, 0.15) is 36.8 Å². The first-order valence-corrected chi connectivity index (χ1v) is 11.2. The van der Waals surface area contributed by atoms with Crippen molar-refractivity contribution in [1.29, 1.82) is 0 Å². The molecule has 0 radical (unpaired) electrons. The second-order valence-electron chi connectivity index (χ2n) is 8.80. The van der Waals surface area contributed by atoms with Crippen LogP contribution < -0.4 is 16.1 Å². The van der Waals surface area contributed by atoms with Crippen LogP contribution in [-0.2, 0) is 10.3 Å².